The fourth-order valence-corrected chi connectivity index (χ4v) is 5.16. The third-order valence-corrected chi connectivity index (χ3v) is 7.30. The molecule has 9 heteroatoms. The Bertz CT molecular complexity index is 1690. The van der Waals surface area contributed by atoms with E-state index in [0.29, 0.717) is 54.2 Å². The molecule has 9 nitrogen and oxygen atoms in total. The van der Waals surface area contributed by atoms with Gasteiger partial charge in [0.05, 0.1) is 11.0 Å². The average Bonchev–Trinajstić information content (AvgIpc) is 3.69. The van der Waals surface area contributed by atoms with Crippen LogP contribution in [0.1, 0.15) is 40.2 Å². The van der Waals surface area contributed by atoms with Crippen molar-refractivity contribution in [2.45, 2.75) is 25.8 Å². The number of carbonyl (C=O) groups excluding carboxylic acids is 3. The molecule has 3 heterocycles. The predicted octanol–water partition coefficient (Wildman–Crippen LogP) is 5.32. The Morgan fingerprint density at radius 2 is 1.80 bits per heavy atom. The number of rotatable bonds is 8. The molecule has 0 aliphatic carbocycles. The predicted molar refractivity (Wildman–Crippen MR) is 154 cm³/mol. The highest BCUT2D eigenvalue weighted by atomic mass is 16.3. The molecule has 1 saturated heterocycles. The molecular weight excluding hydrogens is 506 g/mol. The number of carbonyl (C=O) groups is 3. The van der Waals surface area contributed by atoms with Crippen molar-refractivity contribution in [1.29, 1.82) is 0 Å². The van der Waals surface area contributed by atoms with Gasteiger partial charge in [0.2, 0.25) is 11.9 Å². The third-order valence-electron chi connectivity index (χ3n) is 7.30. The number of imidazole rings is 1. The maximum absolute atomic E-state index is 13.2. The van der Waals surface area contributed by atoms with Crippen LogP contribution in [0.15, 0.2) is 83.3 Å². The van der Waals surface area contributed by atoms with Crippen molar-refractivity contribution < 1.29 is 18.8 Å². The molecule has 1 aliphatic rings. The minimum Gasteiger partial charge on any atom is -0.451 e. The van der Waals surface area contributed by atoms with Crippen molar-refractivity contribution in [3.8, 4) is 0 Å². The minimum atomic E-state index is -0.404. The molecule has 1 N–H and O–H groups in total. The first-order valence-electron chi connectivity index (χ1n) is 13.4. The number of nitrogens with one attached hydrogen (secondary N) is 1. The van der Waals surface area contributed by atoms with Crippen LogP contribution in [-0.2, 0) is 11.3 Å². The van der Waals surface area contributed by atoms with Crippen LogP contribution in [-0.4, -0.2) is 52.3 Å². The normalized spacial score (nSPS) is 13.3. The number of aromatic nitrogens is 2. The summed E-state index contributed by atoms with van der Waals surface area (Å²) in [6.07, 6.45) is 2.20. The van der Waals surface area contributed by atoms with E-state index < -0.39 is 5.91 Å². The number of para-hydroxylation sites is 1. The van der Waals surface area contributed by atoms with Crippen LogP contribution in [0.2, 0.25) is 0 Å². The van der Waals surface area contributed by atoms with E-state index in [9.17, 15) is 14.4 Å². The van der Waals surface area contributed by atoms with Crippen molar-refractivity contribution in [3.63, 3.8) is 0 Å². The summed E-state index contributed by atoms with van der Waals surface area (Å²) in [5.74, 6) is 0.218. The van der Waals surface area contributed by atoms with Crippen LogP contribution in [0, 0.1) is 0 Å². The molecule has 5 aromatic rings. The van der Waals surface area contributed by atoms with E-state index in [1.165, 1.54) is 0 Å². The maximum Gasteiger partial charge on any atom is 0.293 e. The second-order valence-corrected chi connectivity index (χ2v) is 9.93. The summed E-state index contributed by atoms with van der Waals surface area (Å²) in [4.78, 5) is 46.5. The number of nitrogens with zero attached hydrogens (tertiary/aromatic N) is 4. The summed E-state index contributed by atoms with van der Waals surface area (Å²) in [6.45, 7) is 1.97. The van der Waals surface area contributed by atoms with Crippen molar-refractivity contribution >= 4 is 51.4 Å². The highest BCUT2D eigenvalue weighted by molar-refractivity contribution is 6.07. The van der Waals surface area contributed by atoms with Gasteiger partial charge < -0.3 is 18.8 Å². The van der Waals surface area contributed by atoms with Gasteiger partial charge in [-0.3, -0.25) is 19.7 Å². The highest BCUT2D eigenvalue weighted by Crippen LogP contribution is 2.27. The average molecular weight is 536 g/mol. The third kappa shape index (κ3) is 4.93. The number of likely N-dealkylation sites (tertiary alicyclic amines) is 1. The second kappa shape index (κ2) is 10.7. The Hall–Kier alpha value is -4.92. The Morgan fingerprint density at radius 3 is 2.58 bits per heavy atom. The van der Waals surface area contributed by atoms with Gasteiger partial charge in [0.15, 0.2) is 5.76 Å². The van der Waals surface area contributed by atoms with E-state index in [4.69, 9.17) is 9.40 Å². The zero-order valence-corrected chi connectivity index (χ0v) is 22.2. The molecule has 0 spiro atoms. The lowest BCUT2D eigenvalue weighted by Crippen LogP contribution is -2.26. The van der Waals surface area contributed by atoms with Crippen LogP contribution >= 0.6 is 0 Å². The molecule has 0 radical (unpaired) electrons. The van der Waals surface area contributed by atoms with E-state index in [2.05, 4.69) is 5.32 Å². The Labute approximate surface area is 231 Å². The molecule has 1 aliphatic heterocycles. The number of anilines is 2. The van der Waals surface area contributed by atoms with Crippen LogP contribution in [0.5, 0.6) is 0 Å². The zero-order valence-electron chi connectivity index (χ0n) is 22.2. The van der Waals surface area contributed by atoms with E-state index in [0.717, 1.165) is 23.9 Å². The summed E-state index contributed by atoms with van der Waals surface area (Å²) in [5.41, 5.74) is 3.36. The van der Waals surface area contributed by atoms with Gasteiger partial charge >= 0.3 is 0 Å². The van der Waals surface area contributed by atoms with E-state index in [-0.39, 0.29) is 17.6 Å². The van der Waals surface area contributed by atoms with Crippen molar-refractivity contribution in [3.05, 3.63) is 90.2 Å². The molecule has 0 saturated carbocycles. The van der Waals surface area contributed by atoms with Gasteiger partial charge in [0.1, 0.15) is 5.58 Å². The second-order valence-electron chi connectivity index (χ2n) is 9.93. The number of benzene rings is 3. The summed E-state index contributed by atoms with van der Waals surface area (Å²) >= 11 is 0. The first-order valence-corrected chi connectivity index (χ1v) is 13.4. The summed E-state index contributed by atoms with van der Waals surface area (Å²) in [6, 6.07) is 23.9. The minimum absolute atomic E-state index is 0.131. The van der Waals surface area contributed by atoms with Crippen LogP contribution in [0.3, 0.4) is 0 Å². The highest BCUT2D eigenvalue weighted by Gasteiger charge is 2.22. The van der Waals surface area contributed by atoms with Gasteiger partial charge in [-0.15, -0.1) is 0 Å². The first kappa shape index (κ1) is 25.4. The van der Waals surface area contributed by atoms with Gasteiger partial charge in [-0.25, -0.2) is 4.98 Å². The molecule has 0 atom stereocenters. The molecule has 202 valence electrons. The number of amides is 3. The summed E-state index contributed by atoms with van der Waals surface area (Å²) in [5, 5.41) is 3.76. The Kier molecular flexibility index (Phi) is 6.77. The fourth-order valence-electron chi connectivity index (χ4n) is 5.16. The molecule has 6 rings (SSSR count). The molecule has 3 aromatic carbocycles. The monoisotopic (exact) mass is 535 g/mol. The van der Waals surface area contributed by atoms with Crippen molar-refractivity contribution in [1.82, 2.24) is 14.5 Å². The largest absolute Gasteiger partial charge is 0.451 e. The van der Waals surface area contributed by atoms with E-state index in [1.54, 1.807) is 30.1 Å². The fraction of sp³-hybridized carbons (Fsp3) is 0.226. The van der Waals surface area contributed by atoms with Gasteiger partial charge in [-0.1, -0.05) is 36.4 Å². The molecule has 0 bridgehead atoms. The lowest BCUT2D eigenvalue weighted by atomic mass is 10.2. The number of hydrogen-bond acceptors (Lipinski definition) is 5. The number of fused-ring (bicyclic) bond motifs is 2. The van der Waals surface area contributed by atoms with E-state index in [1.807, 2.05) is 70.1 Å². The first-order chi connectivity index (χ1) is 19.5. The molecule has 3 amide bonds. The lowest BCUT2D eigenvalue weighted by molar-refractivity contribution is -0.127. The molecule has 40 heavy (non-hydrogen) atoms. The number of aryl methyl sites for hydroxylation is 1. The zero-order chi connectivity index (χ0) is 27.6. The Morgan fingerprint density at radius 1 is 1.00 bits per heavy atom. The van der Waals surface area contributed by atoms with Crippen LogP contribution in [0.4, 0.5) is 11.6 Å². The van der Waals surface area contributed by atoms with Crippen molar-refractivity contribution in [2.24, 2.45) is 0 Å². The van der Waals surface area contributed by atoms with Gasteiger partial charge in [-0.2, -0.15) is 0 Å². The van der Waals surface area contributed by atoms with E-state index >= 15 is 0 Å². The molecule has 2 aromatic heterocycles. The Balaban J connectivity index is 1.29. The quantitative estimate of drug-likeness (QED) is 0.290. The maximum atomic E-state index is 13.2. The van der Waals surface area contributed by atoms with Gasteiger partial charge in [0, 0.05) is 49.7 Å². The standard InChI is InChI=1S/C31H29N5O4/c1-34(30(39)21-9-3-2-4-10-21)23-14-15-25-24(20-23)32-31(36(25)18-8-17-35-16-7-13-28(35)37)33-29(38)27-19-22-11-5-6-12-26(22)40-27/h2-6,9-12,14-15,19-20H,7-8,13,16-18H2,1H3,(H,32,33,38). The lowest BCUT2D eigenvalue weighted by Gasteiger charge is -2.18. The number of furan rings is 1. The van der Waals surface area contributed by atoms with Crippen LogP contribution < -0.4 is 10.2 Å². The molecular formula is C31H29N5O4. The summed E-state index contributed by atoms with van der Waals surface area (Å²) < 4.78 is 7.70. The topological polar surface area (TPSA) is 101 Å². The van der Waals surface area contributed by atoms with Gasteiger partial charge in [-0.05, 0) is 55.3 Å². The van der Waals surface area contributed by atoms with Gasteiger partial charge in [0.25, 0.3) is 11.8 Å². The number of hydrogen-bond donors (Lipinski definition) is 1. The summed E-state index contributed by atoms with van der Waals surface area (Å²) in [7, 11) is 1.73. The van der Waals surface area contributed by atoms with Crippen LogP contribution in [0.25, 0.3) is 22.0 Å². The SMILES string of the molecule is CN(C(=O)c1ccccc1)c1ccc2c(c1)nc(NC(=O)c1cc3ccccc3o1)n2CCCN1CCCC1=O. The molecule has 0 unspecified atom stereocenters. The molecule has 1 fully saturated rings. The smallest absolute Gasteiger partial charge is 0.293 e. The van der Waals surface area contributed by atoms with Crippen molar-refractivity contribution in [2.75, 3.05) is 30.4 Å².